The number of methoxy groups -OCH3 is 1. The van der Waals surface area contributed by atoms with E-state index in [1.807, 2.05) is 13.0 Å². The number of aromatic nitrogens is 1. The van der Waals surface area contributed by atoms with Crippen LogP contribution in [-0.4, -0.2) is 65.6 Å². The number of rotatable bonds is 8. The highest BCUT2D eigenvalue weighted by Gasteiger charge is 2.34. The molecular formula is C24H30N4O5S2. The van der Waals surface area contributed by atoms with Crippen LogP contribution >= 0.6 is 24.0 Å². The standard InChI is InChI=1S/C24H30N4O5S2/c1-5-27-20(26-9-7-16(8-10-26)23(31)33-6-2)17(15(3)18(14-25)21(27)29)13-19-22(30)28(11-12-32-4)24(34)35-19/h13,16H,5-12H2,1-4H3/b19-13-. The quantitative estimate of drug-likeness (QED) is 0.292. The summed E-state index contributed by atoms with van der Waals surface area (Å²) in [7, 11) is 1.56. The van der Waals surface area contributed by atoms with Crippen LogP contribution in [0.25, 0.3) is 6.08 Å². The third kappa shape index (κ3) is 5.44. The van der Waals surface area contributed by atoms with E-state index >= 15 is 0 Å². The summed E-state index contributed by atoms with van der Waals surface area (Å²) in [5.74, 6) is 0.0404. The number of amides is 1. The minimum atomic E-state index is -0.361. The number of pyridine rings is 1. The van der Waals surface area contributed by atoms with Gasteiger partial charge in [0, 0.05) is 32.3 Å². The van der Waals surface area contributed by atoms with Crippen molar-refractivity contribution in [3.05, 3.63) is 31.9 Å². The summed E-state index contributed by atoms with van der Waals surface area (Å²) in [4.78, 5) is 42.4. The van der Waals surface area contributed by atoms with Crippen molar-refractivity contribution in [2.75, 3.05) is 44.9 Å². The average molecular weight is 519 g/mol. The molecule has 0 bridgehead atoms. The molecule has 1 amide bonds. The number of carbonyl (C=O) groups is 2. The van der Waals surface area contributed by atoms with Crippen molar-refractivity contribution in [1.29, 1.82) is 5.26 Å². The molecule has 0 radical (unpaired) electrons. The van der Waals surface area contributed by atoms with Gasteiger partial charge in [-0.3, -0.25) is 23.9 Å². The van der Waals surface area contributed by atoms with Crippen molar-refractivity contribution in [3.8, 4) is 6.07 Å². The zero-order valence-corrected chi connectivity index (χ0v) is 22.1. The Kier molecular flexibility index (Phi) is 9.10. The molecule has 1 aromatic heterocycles. The predicted octanol–water partition coefficient (Wildman–Crippen LogP) is 2.68. The Morgan fingerprint density at radius 3 is 2.54 bits per heavy atom. The van der Waals surface area contributed by atoms with E-state index in [1.165, 1.54) is 16.7 Å². The normalized spacial score (nSPS) is 17.9. The summed E-state index contributed by atoms with van der Waals surface area (Å²) in [5.41, 5.74) is 0.856. The lowest BCUT2D eigenvalue weighted by atomic mass is 9.95. The molecule has 3 rings (SSSR count). The molecule has 0 N–H and O–H groups in total. The number of esters is 1. The van der Waals surface area contributed by atoms with Gasteiger partial charge in [-0.1, -0.05) is 24.0 Å². The summed E-state index contributed by atoms with van der Waals surface area (Å²) >= 11 is 6.60. The molecule has 3 heterocycles. The SMILES string of the molecule is CCOC(=O)C1CCN(c2c(/C=C3\SC(=S)N(CCOC)C3=O)c(C)c(C#N)c(=O)n2CC)CC1. The number of hydrogen-bond acceptors (Lipinski definition) is 9. The molecule has 2 aliphatic heterocycles. The van der Waals surface area contributed by atoms with Gasteiger partial charge in [0.05, 0.1) is 30.6 Å². The highest BCUT2D eigenvalue weighted by atomic mass is 32.2. The maximum Gasteiger partial charge on any atom is 0.309 e. The van der Waals surface area contributed by atoms with Crippen molar-refractivity contribution in [2.24, 2.45) is 5.92 Å². The van der Waals surface area contributed by atoms with Gasteiger partial charge in [0.25, 0.3) is 11.5 Å². The largest absolute Gasteiger partial charge is 0.466 e. The van der Waals surface area contributed by atoms with Gasteiger partial charge in [-0.2, -0.15) is 5.26 Å². The van der Waals surface area contributed by atoms with E-state index in [0.29, 0.717) is 78.4 Å². The van der Waals surface area contributed by atoms with Crippen molar-refractivity contribution in [1.82, 2.24) is 9.47 Å². The van der Waals surface area contributed by atoms with E-state index in [-0.39, 0.29) is 28.9 Å². The number of nitrogens with zero attached hydrogens (tertiary/aromatic N) is 4. The van der Waals surface area contributed by atoms with Gasteiger partial charge >= 0.3 is 5.97 Å². The summed E-state index contributed by atoms with van der Waals surface area (Å²) in [6.07, 6.45) is 2.92. The summed E-state index contributed by atoms with van der Waals surface area (Å²) < 4.78 is 12.3. The van der Waals surface area contributed by atoms with Gasteiger partial charge in [-0.15, -0.1) is 0 Å². The first-order valence-electron chi connectivity index (χ1n) is 11.6. The number of carbonyl (C=O) groups excluding carboxylic acids is 2. The zero-order chi connectivity index (χ0) is 25.7. The molecular weight excluding hydrogens is 488 g/mol. The minimum absolute atomic E-state index is 0.0538. The average Bonchev–Trinajstić information content (AvgIpc) is 3.11. The number of thioether (sulfide) groups is 1. The molecule has 0 saturated carbocycles. The Bertz CT molecular complexity index is 1150. The van der Waals surface area contributed by atoms with Gasteiger partial charge in [0.2, 0.25) is 0 Å². The van der Waals surface area contributed by atoms with Crippen LogP contribution in [0.4, 0.5) is 5.82 Å². The van der Waals surface area contributed by atoms with E-state index in [4.69, 9.17) is 21.7 Å². The van der Waals surface area contributed by atoms with Gasteiger partial charge in [-0.25, -0.2) is 0 Å². The van der Waals surface area contributed by atoms with Crippen molar-refractivity contribution in [2.45, 2.75) is 40.2 Å². The highest BCUT2D eigenvalue weighted by Crippen LogP contribution is 2.36. The summed E-state index contributed by atoms with van der Waals surface area (Å²) in [5, 5.41) is 9.72. The number of hydrogen-bond donors (Lipinski definition) is 0. The van der Waals surface area contributed by atoms with Gasteiger partial charge in [-0.05, 0) is 45.3 Å². The molecule has 2 saturated heterocycles. The molecule has 0 aromatic carbocycles. The van der Waals surface area contributed by atoms with E-state index in [2.05, 4.69) is 4.90 Å². The van der Waals surface area contributed by atoms with Crippen molar-refractivity contribution in [3.63, 3.8) is 0 Å². The molecule has 188 valence electrons. The monoisotopic (exact) mass is 518 g/mol. The van der Waals surface area contributed by atoms with Crippen LogP contribution in [0.1, 0.15) is 43.4 Å². The summed E-state index contributed by atoms with van der Waals surface area (Å²) in [6, 6.07) is 2.04. The molecule has 35 heavy (non-hydrogen) atoms. The fourth-order valence-electron chi connectivity index (χ4n) is 4.37. The number of anilines is 1. The van der Waals surface area contributed by atoms with Gasteiger partial charge < -0.3 is 14.4 Å². The molecule has 2 aliphatic rings. The Morgan fingerprint density at radius 2 is 1.97 bits per heavy atom. The second-order valence-electron chi connectivity index (χ2n) is 8.24. The van der Waals surface area contributed by atoms with Gasteiger partial charge in [0.15, 0.2) is 0 Å². The third-order valence-corrected chi connectivity index (χ3v) is 7.62. The van der Waals surface area contributed by atoms with Gasteiger partial charge in [0.1, 0.15) is 21.8 Å². The Hall–Kier alpha value is -2.68. The first kappa shape index (κ1) is 26.9. The van der Waals surface area contributed by atoms with Crippen LogP contribution < -0.4 is 10.5 Å². The Balaban J connectivity index is 2.07. The van der Waals surface area contributed by atoms with E-state index in [0.717, 1.165) is 0 Å². The number of ether oxygens (including phenoxy) is 2. The van der Waals surface area contributed by atoms with E-state index in [9.17, 15) is 19.6 Å². The first-order valence-corrected chi connectivity index (χ1v) is 12.8. The maximum absolute atomic E-state index is 13.2. The van der Waals surface area contributed by atoms with Crippen molar-refractivity contribution < 1.29 is 19.1 Å². The second kappa shape index (κ2) is 11.8. The molecule has 9 nitrogen and oxygen atoms in total. The fourth-order valence-corrected chi connectivity index (χ4v) is 5.66. The Labute approximate surface area is 214 Å². The smallest absolute Gasteiger partial charge is 0.309 e. The topological polar surface area (TPSA) is 105 Å². The number of nitriles is 1. The fraction of sp³-hybridized carbons (Fsp3) is 0.542. The van der Waals surface area contributed by atoms with E-state index < -0.39 is 0 Å². The molecule has 0 aliphatic carbocycles. The van der Waals surface area contributed by atoms with Crippen LogP contribution in [0, 0.1) is 24.2 Å². The zero-order valence-electron chi connectivity index (χ0n) is 20.5. The first-order chi connectivity index (χ1) is 16.8. The number of piperidine rings is 1. The molecule has 2 fully saturated rings. The lowest BCUT2D eigenvalue weighted by molar-refractivity contribution is -0.148. The lowest BCUT2D eigenvalue weighted by Gasteiger charge is -2.35. The highest BCUT2D eigenvalue weighted by molar-refractivity contribution is 8.26. The molecule has 0 unspecified atom stereocenters. The lowest BCUT2D eigenvalue weighted by Crippen LogP contribution is -2.41. The van der Waals surface area contributed by atoms with Crippen LogP contribution in [-0.2, 0) is 25.6 Å². The second-order valence-corrected chi connectivity index (χ2v) is 9.91. The van der Waals surface area contributed by atoms with Crippen LogP contribution in [0.3, 0.4) is 0 Å². The predicted molar refractivity (Wildman–Crippen MR) is 139 cm³/mol. The molecule has 0 atom stereocenters. The number of thiocarbonyl (C=S) groups is 1. The summed E-state index contributed by atoms with van der Waals surface area (Å²) in [6.45, 7) is 7.87. The van der Waals surface area contributed by atoms with Crippen LogP contribution in [0.2, 0.25) is 0 Å². The van der Waals surface area contributed by atoms with Crippen molar-refractivity contribution >= 4 is 52.1 Å². The maximum atomic E-state index is 13.2. The molecule has 1 aromatic rings. The molecule has 0 spiro atoms. The minimum Gasteiger partial charge on any atom is -0.466 e. The Morgan fingerprint density at radius 1 is 1.29 bits per heavy atom. The third-order valence-electron chi connectivity index (χ3n) is 6.25. The van der Waals surface area contributed by atoms with Crippen LogP contribution in [0.5, 0.6) is 0 Å². The molecule has 11 heteroatoms. The van der Waals surface area contributed by atoms with E-state index in [1.54, 1.807) is 31.6 Å². The van der Waals surface area contributed by atoms with Crippen LogP contribution in [0.15, 0.2) is 9.70 Å².